The molecule has 3 aromatic rings. The maximum absolute atomic E-state index is 13.0. The topological polar surface area (TPSA) is 77.4 Å². The van der Waals surface area contributed by atoms with E-state index >= 15 is 0 Å². The molecule has 0 aliphatic heterocycles. The van der Waals surface area contributed by atoms with Gasteiger partial charge in [0.2, 0.25) is 0 Å². The Kier molecular flexibility index (Phi) is 4.42. The van der Waals surface area contributed by atoms with Crippen molar-refractivity contribution >= 4 is 27.6 Å². The van der Waals surface area contributed by atoms with Crippen molar-refractivity contribution in [3.05, 3.63) is 77.1 Å². The lowest BCUT2D eigenvalue weighted by atomic mass is 9.95. The highest BCUT2D eigenvalue weighted by molar-refractivity contribution is 7.78. The van der Waals surface area contributed by atoms with Crippen molar-refractivity contribution in [2.75, 3.05) is 0 Å². The Hall–Kier alpha value is -2.57. The minimum absolute atomic E-state index is 0.105. The molecule has 4 nitrogen and oxygen atoms in total. The van der Waals surface area contributed by atoms with Crippen LogP contribution in [0, 0.1) is 5.82 Å². The van der Waals surface area contributed by atoms with Crippen LogP contribution in [0.15, 0.2) is 54.6 Å². The molecule has 0 aliphatic rings. The number of hydrogen-bond acceptors (Lipinski definition) is 4. The van der Waals surface area contributed by atoms with Gasteiger partial charge in [0.05, 0.1) is 5.56 Å². The fraction of sp³-hybridized carbons (Fsp3) is 0.0556. The summed E-state index contributed by atoms with van der Waals surface area (Å²) in [5, 5.41) is 11.3. The molecule has 1 unspecified atom stereocenters. The zero-order valence-electron chi connectivity index (χ0n) is 12.4. The number of benzene rings is 3. The van der Waals surface area contributed by atoms with Crippen LogP contribution in [0.25, 0.3) is 10.8 Å². The largest absolute Gasteiger partial charge is 0.772 e. The molecule has 6 heteroatoms. The first kappa shape index (κ1) is 16.3. The van der Waals surface area contributed by atoms with Gasteiger partial charge in [0, 0.05) is 11.3 Å². The van der Waals surface area contributed by atoms with E-state index in [2.05, 4.69) is 0 Å². The van der Waals surface area contributed by atoms with Crippen LogP contribution in [0.2, 0.25) is 0 Å². The second kappa shape index (κ2) is 6.51. The second-order valence-corrected chi connectivity index (χ2v) is 6.20. The predicted molar refractivity (Wildman–Crippen MR) is 88.1 cm³/mol. The number of carbonyl (C=O) groups excluding carboxylic acids is 1. The summed E-state index contributed by atoms with van der Waals surface area (Å²) in [7, 11) is 0. The predicted octanol–water partition coefficient (Wildman–Crippen LogP) is 3.29. The average Bonchev–Trinajstić information content (AvgIpc) is 2.54. The third-order valence-electron chi connectivity index (χ3n) is 3.68. The first-order valence-corrected chi connectivity index (χ1v) is 8.31. The van der Waals surface area contributed by atoms with Crippen molar-refractivity contribution in [2.24, 2.45) is 0 Å². The van der Waals surface area contributed by atoms with Crippen molar-refractivity contribution in [2.45, 2.75) is 5.75 Å². The van der Waals surface area contributed by atoms with E-state index < -0.39 is 22.7 Å². The molecule has 0 aromatic heterocycles. The lowest BCUT2D eigenvalue weighted by Crippen LogP contribution is -2.03. The normalized spacial score (nSPS) is 12.2. The molecule has 0 bridgehead atoms. The highest BCUT2D eigenvalue weighted by atomic mass is 32.2. The van der Waals surface area contributed by atoms with Crippen molar-refractivity contribution in [3.63, 3.8) is 0 Å². The fourth-order valence-electron chi connectivity index (χ4n) is 2.58. The van der Waals surface area contributed by atoms with Crippen LogP contribution in [0.3, 0.4) is 0 Å². The van der Waals surface area contributed by atoms with Crippen LogP contribution in [0.5, 0.6) is 5.75 Å². The third kappa shape index (κ3) is 3.20. The molecule has 0 aliphatic carbocycles. The number of phenols is 1. The van der Waals surface area contributed by atoms with Crippen LogP contribution in [0.4, 0.5) is 4.39 Å². The standard InChI is InChI=1S/C18H13FO4S/c19-14-5-2-12(3-6-14)18(21)17-15-7-1-11(10-24(22)23)9-13(15)4-8-16(17)20/h1-9,20H,10H2,(H,22,23)/p-1. The lowest BCUT2D eigenvalue weighted by Gasteiger charge is -2.11. The molecule has 1 N–H and O–H groups in total. The Balaban J connectivity index is 2.12. The Morgan fingerprint density at radius 3 is 2.46 bits per heavy atom. The summed E-state index contributed by atoms with van der Waals surface area (Å²) in [4.78, 5) is 12.7. The summed E-state index contributed by atoms with van der Waals surface area (Å²) in [5.74, 6) is -1.20. The summed E-state index contributed by atoms with van der Waals surface area (Å²) in [6.45, 7) is 0. The van der Waals surface area contributed by atoms with Gasteiger partial charge in [-0.05, 0) is 46.7 Å². The van der Waals surface area contributed by atoms with E-state index in [-0.39, 0.29) is 22.6 Å². The molecule has 0 fully saturated rings. The van der Waals surface area contributed by atoms with Gasteiger partial charge in [-0.15, -0.1) is 0 Å². The van der Waals surface area contributed by atoms with Gasteiger partial charge in [0.15, 0.2) is 5.78 Å². The van der Waals surface area contributed by atoms with E-state index in [4.69, 9.17) is 0 Å². The average molecular weight is 343 g/mol. The van der Waals surface area contributed by atoms with E-state index in [9.17, 15) is 23.1 Å². The number of aromatic hydroxyl groups is 1. The quantitative estimate of drug-likeness (QED) is 0.582. The third-order valence-corrected chi connectivity index (χ3v) is 4.25. The van der Waals surface area contributed by atoms with Crippen molar-refractivity contribution in [1.82, 2.24) is 0 Å². The van der Waals surface area contributed by atoms with Crippen molar-refractivity contribution < 1.29 is 23.1 Å². The summed E-state index contributed by atoms with van der Waals surface area (Å²) >= 11 is -2.21. The summed E-state index contributed by atoms with van der Waals surface area (Å²) in [6.07, 6.45) is 0. The Labute approximate surface area is 139 Å². The molecule has 0 spiro atoms. The van der Waals surface area contributed by atoms with Crippen LogP contribution in [-0.4, -0.2) is 19.7 Å². The number of halogens is 1. The molecular weight excluding hydrogens is 331 g/mol. The Morgan fingerprint density at radius 2 is 1.79 bits per heavy atom. The van der Waals surface area contributed by atoms with Crippen LogP contribution in [0.1, 0.15) is 21.5 Å². The molecule has 1 atom stereocenters. The molecule has 0 saturated carbocycles. The van der Waals surface area contributed by atoms with Crippen LogP contribution in [-0.2, 0) is 16.8 Å². The Morgan fingerprint density at radius 1 is 1.08 bits per heavy atom. The van der Waals surface area contributed by atoms with E-state index in [0.717, 1.165) is 0 Å². The molecule has 0 heterocycles. The highest BCUT2D eigenvalue weighted by Crippen LogP contribution is 2.30. The maximum Gasteiger partial charge on any atom is 0.197 e. The molecule has 0 amide bonds. The molecule has 122 valence electrons. The lowest BCUT2D eigenvalue weighted by molar-refractivity contribution is 0.103. The fourth-order valence-corrected chi connectivity index (χ4v) is 3.03. The number of fused-ring (bicyclic) bond motifs is 1. The van der Waals surface area contributed by atoms with Gasteiger partial charge in [-0.1, -0.05) is 35.3 Å². The minimum atomic E-state index is -2.21. The van der Waals surface area contributed by atoms with Crippen molar-refractivity contribution in [3.8, 4) is 5.75 Å². The van der Waals surface area contributed by atoms with E-state index in [1.807, 2.05) is 0 Å². The number of carbonyl (C=O) groups is 1. The van der Waals surface area contributed by atoms with E-state index in [1.165, 1.54) is 30.3 Å². The first-order chi connectivity index (χ1) is 11.5. The second-order valence-electron chi connectivity index (χ2n) is 5.30. The van der Waals surface area contributed by atoms with Gasteiger partial charge in [0.25, 0.3) is 0 Å². The molecule has 3 rings (SSSR count). The van der Waals surface area contributed by atoms with E-state index in [0.29, 0.717) is 16.3 Å². The summed E-state index contributed by atoms with van der Waals surface area (Å²) in [6, 6.07) is 12.9. The minimum Gasteiger partial charge on any atom is -0.772 e. The van der Waals surface area contributed by atoms with E-state index in [1.54, 1.807) is 24.3 Å². The molecular formula is C18H12FO4S-. The number of phenolic OH excluding ortho intramolecular Hbond substituents is 1. The summed E-state index contributed by atoms with van der Waals surface area (Å²) < 4.78 is 34.7. The van der Waals surface area contributed by atoms with Gasteiger partial charge in [0.1, 0.15) is 11.6 Å². The monoisotopic (exact) mass is 343 g/mol. The zero-order valence-corrected chi connectivity index (χ0v) is 13.2. The van der Waals surface area contributed by atoms with Gasteiger partial charge >= 0.3 is 0 Å². The molecule has 0 radical (unpaired) electrons. The SMILES string of the molecule is O=C(c1ccc(F)cc1)c1c(O)ccc2cc(CS(=O)[O-])ccc12. The van der Waals surface area contributed by atoms with Crippen molar-refractivity contribution in [1.29, 1.82) is 0 Å². The first-order valence-electron chi connectivity index (χ1n) is 7.06. The number of rotatable bonds is 4. The number of ketones is 1. The van der Waals surface area contributed by atoms with Crippen LogP contribution >= 0.6 is 0 Å². The smallest absolute Gasteiger partial charge is 0.197 e. The molecule has 0 saturated heterocycles. The Bertz CT molecular complexity index is 951. The maximum atomic E-state index is 13.0. The molecule has 3 aromatic carbocycles. The van der Waals surface area contributed by atoms with Crippen LogP contribution < -0.4 is 0 Å². The summed E-state index contributed by atoms with van der Waals surface area (Å²) in [5.41, 5.74) is 0.944. The van der Waals surface area contributed by atoms with Gasteiger partial charge in [-0.3, -0.25) is 9.00 Å². The molecule has 24 heavy (non-hydrogen) atoms. The van der Waals surface area contributed by atoms with Gasteiger partial charge in [-0.25, -0.2) is 4.39 Å². The van der Waals surface area contributed by atoms with Gasteiger partial charge in [-0.2, -0.15) is 0 Å². The highest BCUT2D eigenvalue weighted by Gasteiger charge is 2.17. The number of hydrogen-bond donors (Lipinski definition) is 1. The van der Waals surface area contributed by atoms with Gasteiger partial charge < -0.3 is 9.66 Å². The zero-order chi connectivity index (χ0) is 17.3.